The highest BCUT2D eigenvalue weighted by Crippen LogP contribution is 2.10. The van der Waals surface area contributed by atoms with Crippen molar-refractivity contribution in [3.05, 3.63) is 84.2 Å². The Labute approximate surface area is 164 Å². The van der Waals surface area contributed by atoms with Gasteiger partial charge in [0, 0.05) is 0 Å². The molecule has 28 heavy (non-hydrogen) atoms. The lowest BCUT2D eigenvalue weighted by molar-refractivity contribution is -0.715. The smallest absolute Gasteiger partial charge is 0.418 e. The minimum atomic E-state index is -6.00. The van der Waals surface area contributed by atoms with Crippen molar-refractivity contribution < 1.29 is 21.9 Å². The zero-order valence-corrected chi connectivity index (χ0v) is 15.7. The molecule has 0 saturated heterocycles. The quantitative estimate of drug-likeness (QED) is 0.200. The van der Waals surface area contributed by atoms with Gasteiger partial charge in [-0.2, -0.15) is 0 Å². The van der Waals surface area contributed by atoms with E-state index in [1.54, 1.807) is 11.8 Å². The van der Waals surface area contributed by atoms with E-state index in [4.69, 9.17) is 0 Å². The Bertz CT molecular complexity index is 839. The van der Waals surface area contributed by atoms with Crippen LogP contribution in [0, 0.1) is 0 Å². The Morgan fingerprint density at radius 2 is 1.39 bits per heavy atom. The fourth-order valence-electron chi connectivity index (χ4n) is 2.06. The highest BCUT2D eigenvalue weighted by molar-refractivity contribution is 7.98. The van der Waals surface area contributed by atoms with Crippen LogP contribution in [-0.4, -0.2) is 30.6 Å². The van der Waals surface area contributed by atoms with Crippen molar-refractivity contribution in [2.24, 2.45) is 10.2 Å². The van der Waals surface area contributed by atoms with Crippen LogP contribution >= 0.6 is 11.8 Å². The highest BCUT2D eigenvalue weighted by Gasteiger charge is 2.20. The van der Waals surface area contributed by atoms with Gasteiger partial charge in [-0.15, -0.1) is 0 Å². The van der Waals surface area contributed by atoms with Gasteiger partial charge in [-0.1, -0.05) is 80.2 Å². The molecule has 3 rings (SSSR count). The van der Waals surface area contributed by atoms with E-state index in [0.29, 0.717) is 0 Å². The standard InChI is InChI=1S/C18H17N4S.BF4/c1-23-18-21(19-14-16-8-4-2-5-9-16)12-13-22(18)20-15-17-10-6-3-7-11-17;2-1(3,4)5/h2-15H,1H3;/q+1;-1/b19-14+,20-15+;. The summed E-state index contributed by atoms with van der Waals surface area (Å²) in [5.74, 6) is 0. The third-order valence-electron chi connectivity index (χ3n) is 3.19. The van der Waals surface area contributed by atoms with Crippen molar-refractivity contribution in [2.75, 3.05) is 6.26 Å². The first-order valence-corrected chi connectivity index (χ1v) is 9.32. The Kier molecular flexibility index (Phi) is 8.00. The molecule has 1 heterocycles. The van der Waals surface area contributed by atoms with E-state index >= 15 is 0 Å². The maximum Gasteiger partial charge on any atom is 0.673 e. The second-order valence-electron chi connectivity index (χ2n) is 5.28. The van der Waals surface area contributed by atoms with Crippen LogP contribution in [0.3, 0.4) is 0 Å². The van der Waals surface area contributed by atoms with Gasteiger partial charge >= 0.3 is 12.4 Å². The molecule has 4 nitrogen and oxygen atoms in total. The summed E-state index contributed by atoms with van der Waals surface area (Å²) in [5.41, 5.74) is 2.13. The summed E-state index contributed by atoms with van der Waals surface area (Å²) in [6.45, 7) is 0. The first-order chi connectivity index (χ1) is 13.4. The number of rotatable bonds is 5. The van der Waals surface area contributed by atoms with E-state index in [0.717, 1.165) is 16.3 Å². The van der Waals surface area contributed by atoms with Crippen LogP contribution < -0.4 is 4.68 Å². The molecule has 0 bridgehead atoms. The summed E-state index contributed by atoms with van der Waals surface area (Å²) in [5, 5.41) is 9.93. The molecule has 1 aromatic heterocycles. The molecule has 3 aromatic rings. The molecule has 2 aromatic carbocycles. The number of hydrogen-bond donors (Lipinski definition) is 0. The van der Waals surface area contributed by atoms with Crippen molar-refractivity contribution in [3.63, 3.8) is 0 Å². The molecule has 0 spiro atoms. The van der Waals surface area contributed by atoms with Gasteiger partial charge in [0.05, 0.1) is 12.4 Å². The van der Waals surface area contributed by atoms with Crippen LogP contribution in [0.4, 0.5) is 17.3 Å². The molecule has 0 saturated carbocycles. The van der Waals surface area contributed by atoms with Crippen molar-refractivity contribution in [1.29, 1.82) is 0 Å². The summed E-state index contributed by atoms with van der Waals surface area (Å²) >= 11 is 1.60. The second-order valence-corrected chi connectivity index (χ2v) is 6.05. The van der Waals surface area contributed by atoms with Crippen LogP contribution in [0.1, 0.15) is 11.1 Å². The van der Waals surface area contributed by atoms with Gasteiger partial charge in [0.2, 0.25) is 0 Å². The minimum absolute atomic E-state index is 0.935. The monoisotopic (exact) mass is 408 g/mol. The SMILES string of the molecule is CSc1n(/N=C/c2ccccc2)cc[n+]1/N=C/c1ccccc1.F[B-](F)(F)F. The zero-order valence-electron chi connectivity index (χ0n) is 14.9. The van der Waals surface area contributed by atoms with E-state index in [2.05, 4.69) is 10.2 Å². The van der Waals surface area contributed by atoms with Crippen molar-refractivity contribution in [1.82, 2.24) is 4.68 Å². The minimum Gasteiger partial charge on any atom is -0.418 e. The molecule has 0 N–H and O–H groups in total. The highest BCUT2D eigenvalue weighted by atomic mass is 32.2. The lowest BCUT2D eigenvalue weighted by Crippen LogP contribution is -2.28. The molecule has 0 aliphatic heterocycles. The van der Waals surface area contributed by atoms with Gasteiger partial charge in [0.25, 0.3) is 0 Å². The number of imidazole rings is 1. The van der Waals surface area contributed by atoms with E-state index in [-0.39, 0.29) is 0 Å². The van der Waals surface area contributed by atoms with Gasteiger partial charge in [-0.3, -0.25) is 0 Å². The average Bonchev–Trinajstić information content (AvgIpc) is 3.07. The first kappa shape index (κ1) is 21.4. The third kappa shape index (κ3) is 7.79. The summed E-state index contributed by atoms with van der Waals surface area (Å²) in [6.07, 6.45) is 9.48. The number of benzene rings is 2. The number of halogens is 4. The summed E-state index contributed by atoms with van der Waals surface area (Å²) in [6, 6.07) is 20.1. The molecule has 0 radical (unpaired) electrons. The second kappa shape index (κ2) is 10.5. The zero-order chi connectivity index (χ0) is 20.4. The number of nitrogens with zero attached hydrogens (tertiary/aromatic N) is 4. The van der Waals surface area contributed by atoms with Gasteiger partial charge in [0.1, 0.15) is 0 Å². The molecule has 0 aliphatic carbocycles. The summed E-state index contributed by atoms with van der Waals surface area (Å²) < 4.78 is 42.6. The van der Waals surface area contributed by atoms with Crippen molar-refractivity contribution >= 4 is 31.4 Å². The molecular weight excluding hydrogens is 391 g/mol. The van der Waals surface area contributed by atoms with Gasteiger partial charge < -0.3 is 17.3 Å². The van der Waals surface area contributed by atoms with E-state index < -0.39 is 7.25 Å². The van der Waals surface area contributed by atoms with Crippen molar-refractivity contribution in [3.8, 4) is 0 Å². The van der Waals surface area contributed by atoms with Crippen LogP contribution in [0.15, 0.2) is 88.4 Å². The normalized spacial score (nSPS) is 11.6. The van der Waals surface area contributed by atoms with Crippen LogP contribution in [0.25, 0.3) is 0 Å². The van der Waals surface area contributed by atoms with E-state index in [1.165, 1.54) is 0 Å². The van der Waals surface area contributed by atoms with Gasteiger partial charge in [-0.05, 0) is 29.1 Å². The third-order valence-corrected chi connectivity index (χ3v) is 3.92. The molecule has 0 fully saturated rings. The van der Waals surface area contributed by atoms with Crippen LogP contribution in [0.2, 0.25) is 0 Å². The van der Waals surface area contributed by atoms with Gasteiger partial charge in [0.15, 0.2) is 12.4 Å². The first-order valence-electron chi connectivity index (χ1n) is 8.10. The van der Waals surface area contributed by atoms with Gasteiger partial charge in [-0.25, -0.2) is 0 Å². The summed E-state index contributed by atoms with van der Waals surface area (Å²) in [7, 11) is -6.00. The van der Waals surface area contributed by atoms with Crippen LogP contribution in [-0.2, 0) is 0 Å². The lowest BCUT2D eigenvalue weighted by Gasteiger charge is -1.94. The molecule has 146 valence electrons. The molecule has 0 atom stereocenters. The lowest BCUT2D eigenvalue weighted by atomic mass is 10.2. The Hall–Kier alpha value is -2.88. The Morgan fingerprint density at radius 3 is 1.89 bits per heavy atom. The predicted molar refractivity (Wildman–Crippen MR) is 105 cm³/mol. The van der Waals surface area contributed by atoms with E-state index in [1.807, 2.05) is 101 Å². The molecule has 0 aliphatic rings. The van der Waals surface area contributed by atoms with E-state index in [9.17, 15) is 17.3 Å². The average molecular weight is 408 g/mol. The largest absolute Gasteiger partial charge is 0.673 e. The summed E-state index contributed by atoms with van der Waals surface area (Å²) in [4.78, 5) is 0. The number of thioether (sulfide) groups is 1. The van der Waals surface area contributed by atoms with Crippen LogP contribution in [0.5, 0.6) is 0 Å². The fraction of sp³-hybridized carbons (Fsp3) is 0.0556. The van der Waals surface area contributed by atoms with Crippen molar-refractivity contribution in [2.45, 2.75) is 5.16 Å². The molecule has 0 amide bonds. The Balaban J connectivity index is 0.000000500. The maximum absolute atomic E-state index is 9.75. The number of hydrogen-bond acceptors (Lipinski definition) is 3. The molecule has 10 heteroatoms. The predicted octanol–water partition coefficient (Wildman–Crippen LogP) is 4.56. The molecular formula is C18H17BF4N4S. The maximum atomic E-state index is 9.75. The fourth-order valence-corrected chi connectivity index (χ4v) is 2.65. The topological polar surface area (TPSA) is 33.5 Å². The number of aromatic nitrogens is 2. The Morgan fingerprint density at radius 1 is 0.893 bits per heavy atom. The molecule has 0 unspecified atom stereocenters.